The van der Waals surface area contributed by atoms with Crippen LogP contribution in [0.15, 0.2) is 41.7 Å². The molecule has 0 saturated heterocycles. The number of aryl methyl sites for hydroxylation is 3. The summed E-state index contributed by atoms with van der Waals surface area (Å²) in [4.78, 5) is 0. The van der Waals surface area contributed by atoms with Gasteiger partial charge in [0.2, 0.25) is 0 Å². The van der Waals surface area contributed by atoms with Gasteiger partial charge in [0.15, 0.2) is 0 Å². The maximum Gasteiger partial charge on any atom is 0.0931 e. The monoisotopic (exact) mass is 396 g/mol. The highest BCUT2D eigenvalue weighted by molar-refractivity contribution is 5.38. The van der Waals surface area contributed by atoms with Gasteiger partial charge in [0.25, 0.3) is 0 Å². The second kappa shape index (κ2) is 11.0. The van der Waals surface area contributed by atoms with Crippen molar-refractivity contribution in [1.29, 1.82) is 0 Å². The summed E-state index contributed by atoms with van der Waals surface area (Å²) in [7, 11) is 0. The van der Waals surface area contributed by atoms with Gasteiger partial charge in [-0.3, -0.25) is 0 Å². The lowest BCUT2D eigenvalue weighted by Gasteiger charge is -2.22. The van der Waals surface area contributed by atoms with Crippen molar-refractivity contribution in [2.24, 2.45) is 17.3 Å². The molecule has 29 heavy (non-hydrogen) atoms. The number of hydrogen-bond donors (Lipinski definition) is 0. The number of unbranched alkanes of at least 4 members (excludes halogenated alkanes) is 1. The molecule has 0 heterocycles. The van der Waals surface area contributed by atoms with Gasteiger partial charge in [-0.05, 0) is 91.0 Å². The van der Waals surface area contributed by atoms with Gasteiger partial charge in [-0.2, -0.15) is 0 Å². The van der Waals surface area contributed by atoms with Gasteiger partial charge >= 0.3 is 0 Å². The quantitative estimate of drug-likeness (QED) is 0.209. The molecule has 162 valence electrons. The highest BCUT2D eigenvalue weighted by Gasteiger charge is 2.16. The Morgan fingerprint density at radius 1 is 1.07 bits per heavy atom. The SMILES string of the molecule is C/C(=C\C(=C/CC(C)C)C(C)(C)C)OCC(C)CCCCc1ccc2c(c1)CC2. The predicted molar refractivity (Wildman–Crippen MR) is 127 cm³/mol. The summed E-state index contributed by atoms with van der Waals surface area (Å²) in [5, 5.41) is 0. The Morgan fingerprint density at radius 3 is 2.38 bits per heavy atom. The second-order valence-corrected chi connectivity index (χ2v) is 10.6. The molecule has 1 unspecified atom stereocenters. The molecule has 1 aliphatic rings. The van der Waals surface area contributed by atoms with Crippen molar-refractivity contribution in [3.63, 3.8) is 0 Å². The number of allylic oxidation sites excluding steroid dienone is 4. The minimum absolute atomic E-state index is 0.156. The van der Waals surface area contributed by atoms with Crippen molar-refractivity contribution in [2.75, 3.05) is 6.61 Å². The number of ether oxygens (including phenoxy) is 1. The van der Waals surface area contributed by atoms with Crippen molar-refractivity contribution < 1.29 is 4.74 Å². The summed E-state index contributed by atoms with van der Waals surface area (Å²) in [5.41, 5.74) is 6.22. The molecule has 0 bridgehead atoms. The van der Waals surface area contributed by atoms with E-state index in [0.717, 1.165) is 18.8 Å². The van der Waals surface area contributed by atoms with E-state index in [1.54, 1.807) is 11.1 Å². The minimum atomic E-state index is 0.156. The predicted octanol–water partition coefficient (Wildman–Crippen LogP) is 8.07. The van der Waals surface area contributed by atoms with Crippen LogP contribution in [0.3, 0.4) is 0 Å². The van der Waals surface area contributed by atoms with E-state index in [1.807, 2.05) is 0 Å². The van der Waals surface area contributed by atoms with Crippen LogP contribution in [0.1, 0.15) is 90.8 Å². The van der Waals surface area contributed by atoms with Crippen LogP contribution in [0.5, 0.6) is 0 Å². The molecule has 0 amide bonds. The van der Waals surface area contributed by atoms with Crippen LogP contribution in [0.25, 0.3) is 0 Å². The van der Waals surface area contributed by atoms with Crippen molar-refractivity contribution in [1.82, 2.24) is 0 Å². The molecule has 0 aromatic heterocycles. The zero-order valence-corrected chi connectivity index (χ0v) is 20.1. The summed E-state index contributed by atoms with van der Waals surface area (Å²) in [6.45, 7) is 16.6. The Morgan fingerprint density at radius 2 is 1.79 bits per heavy atom. The molecular formula is C28H44O. The molecule has 0 N–H and O–H groups in total. The molecular weight excluding hydrogens is 352 g/mol. The molecule has 1 atom stereocenters. The number of fused-ring (bicyclic) bond motifs is 1. The highest BCUT2D eigenvalue weighted by atomic mass is 16.5. The lowest BCUT2D eigenvalue weighted by Crippen LogP contribution is -2.10. The molecule has 0 saturated carbocycles. The molecule has 1 aromatic carbocycles. The van der Waals surface area contributed by atoms with Gasteiger partial charge in [0.05, 0.1) is 12.4 Å². The largest absolute Gasteiger partial charge is 0.498 e. The van der Waals surface area contributed by atoms with Gasteiger partial charge in [-0.1, -0.05) is 72.2 Å². The first-order valence-electron chi connectivity index (χ1n) is 11.8. The van der Waals surface area contributed by atoms with Gasteiger partial charge in [-0.15, -0.1) is 0 Å². The fraction of sp³-hybridized carbons (Fsp3) is 0.643. The van der Waals surface area contributed by atoms with E-state index >= 15 is 0 Å². The van der Waals surface area contributed by atoms with Crippen LogP contribution in [0.2, 0.25) is 0 Å². The van der Waals surface area contributed by atoms with E-state index in [9.17, 15) is 0 Å². The standard InChI is InChI=1S/C28H44O/c1-21(2)12-17-27(28(5,6)7)18-23(4)29-20-22(3)10-8-9-11-24-13-14-25-15-16-26(25)19-24/h13-14,17-19,21-22H,8-12,15-16,20H2,1-7H3/b23-18+,27-17+. The first-order valence-corrected chi connectivity index (χ1v) is 11.8. The molecule has 1 aliphatic carbocycles. The van der Waals surface area contributed by atoms with E-state index in [-0.39, 0.29) is 5.41 Å². The Bertz CT molecular complexity index is 700. The minimum Gasteiger partial charge on any atom is -0.498 e. The lowest BCUT2D eigenvalue weighted by atomic mass is 9.84. The second-order valence-electron chi connectivity index (χ2n) is 10.6. The molecule has 0 radical (unpaired) electrons. The topological polar surface area (TPSA) is 9.23 Å². The van der Waals surface area contributed by atoms with Crippen LogP contribution < -0.4 is 0 Å². The van der Waals surface area contributed by atoms with Gasteiger partial charge in [-0.25, -0.2) is 0 Å². The van der Waals surface area contributed by atoms with E-state index in [2.05, 4.69) is 78.8 Å². The van der Waals surface area contributed by atoms with Crippen LogP contribution in [-0.2, 0) is 24.0 Å². The van der Waals surface area contributed by atoms with Gasteiger partial charge in [0.1, 0.15) is 0 Å². The Labute approximate surface area is 180 Å². The van der Waals surface area contributed by atoms with Crippen LogP contribution in [0, 0.1) is 17.3 Å². The average Bonchev–Trinajstić information content (AvgIpc) is 2.61. The summed E-state index contributed by atoms with van der Waals surface area (Å²) < 4.78 is 6.11. The number of rotatable bonds is 11. The lowest BCUT2D eigenvalue weighted by molar-refractivity contribution is 0.167. The van der Waals surface area contributed by atoms with E-state index < -0.39 is 0 Å². The maximum atomic E-state index is 6.11. The summed E-state index contributed by atoms with van der Waals surface area (Å²) in [6, 6.07) is 7.10. The molecule has 2 rings (SSSR count). The molecule has 0 aliphatic heterocycles. The van der Waals surface area contributed by atoms with Crippen LogP contribution >= 0.6 is 0 Å². The Hall–Kier alpha value is -1.50. The normalized spacial score (nSPS) is 15.9. The summed E-state index contributed by atoms with van der Waals surface area (Å²) >= 11 is 0. The van der Waals surface area contributed by atoms with E-state index in [1.165, 1.54) is 49.7 Å². The Balaban J connectivity index is 1.70. The fourth-order valence-electron chi connectivity index (χ4n) is 3.79. The van der Waals surface area contributed by atoms with Gasteiger partial charge in [0, 0.05) is 0 Å². The van der Waals surface area contributed by atoms with Crippen LogP contribution in [-0.4, -0.2) is 6.61 Å². The molecule has 0 spiro atoms. The zero-order valence-electron chi connectivity index (χ0n) is 20.1. The molecule has 1 nitrogen and oxygen atoms in total. The van der Waals surface area contributed by atoms with Crippen molar-refractivity contribution in [3.8, 4) is 0 Å². The number of benzene rings is 1. The van der Waals surface area contributed by atoms with Crippen molar-refractivity contribution in [2.45, 2.75) is 93.4 Å². The van der Waals surface area contributed by atoms with Gasteiger partial charge < -0.3 is 4.74 Å². The van der Waals surface area contributed by atoms with E-state index in [4.69, 9.17) is 4.74 Å². The summed E-state index contributed by atoms with van der Waals surface area (Å²) in [6.07, 6.45) is 13.4. The Kier molecular flexibility index (Phi) is 9.05. The smallest absolute Gasteiger partial charge is 0.0931 e. The zero-order chi connectivity index (χ0) is 21.4. The summed E-state index contributed by atoms with van der Waals surface area (Å²) in [5.74, 6) is 2.34. The number of hydrogen-bond acceptors (Lipinski definition) is 1. The first-order chi connectivity index (χ1) is 13.6. The molecule has 0 fully saturated rings. The third-order valence-electron chi connectivity index (χ3n) is 5.98. The average molecular weight is 397 g/mol. The molecule has 1 aromatic rings. The highest BCUT2D eigenvalue weighted by Crippen LogP contribution is 2.29. The van der Waals surface area contributed by atoms with Crippen molar-refractivity contribution >= 4 is 0 Å². The molecule has 1 heteroatoms. The van der Waals surface area contributed by atoms with E-state index in [0.29, 0.717) is 11.8 Å². The third kappa shape index (κ3) is 8.41. The van der Waals surface area contributed by atoms with Crippen molar-refractivity contribution in [3.05, 3.63) is 58.4 Å². The van der Waals surface area contributed by atoms with Crippen LogP contribution in [0.4, 0.5) is 0 Å². The maximum absolute atomic E-state index is 6.11. The third-order valence-corrected chi connectivity index (χ3v) is 5.98. The first kappa shape index (κ1) is 23.8. The fourth-order valence-corrected chi connectivity index (χ4v) is 3.79.